The van der Waals surface area contributed by atoms with Crippen LogP contribution in [0.4, 0.5) is 0 Å². The lowest BCUT2D eigenvalue weighted by atomic mass is 9.95. The number of amides is 1. The molecule has 1 amide bonds. The van der Waals surface area contributed by atoms with E-state index in [4.69, 9.17) is 0 Å². The molecule has 2 N–H and O–H groups in total. The zero-order valence-corrected chi connectivity index (χ0v) is 12.8. The number of nitrogens with one attached hydrogen (secondary N) is 2. The Morgan fingerprint density at radius 1 is 1.58 bits per heavy atom. The van der Waals surface area contributed by atoms with Crippen LogP contribution >= 0.6 is 11.3 Å². The molecule has 2 atom stereocenters. The van der Waals surface area contributed by atoms with Gasteiger partial charge in [0.15, 0.2) is 0 Å². The van der Waals surface area contributed by atoms with Gasteiger partial charge in [-0.2, -0.15) is 0 Å². The second-order valence-electron chi connectivity index (χ2n) is 5.32. The third-order valence-electron chi connectivity index (χ3n) is 3.66. The molecule has 0 spiro atoms. The molecule has 1 fully saturated rings. The van der Waals surface area contributed by atoms with Crippen LogP contribution in [0.1, 0.15) is 47.1 Å². The number of aryl methyl sites for hydroxylation is 2. The summed E-state index contributed by atoms with van der Waals surface area (Å²) >= 11 is 1.54. The van der Waals surface area contributed by atoms with Crippen LogP contribution in [0.5, 0.6) is 0 Å². The summed E-state index contributed by atoms with van der Waals surface area (Å²) in [4.78, 5) is 17.6. The number of hydrogen-bond acceptors (Lipinski definition) is 4. The summed E-state index contributed by atoms with van der Waals surface area (Å²) < 4.78 is 0. The maximum Gasteiger partial charge on any atom is 0.263 e. The lowest BCUT2D eigenvalue weighted by molar-refractivity contribution is 0.0918. The highest BCUT2D eigenvalue weighted by molar-refractivity contribution is 7.13. The summed E-state index contributed by atoms with van der Waals surface area (Å²) in [5.74, 6) is 0.575. The van der Waals surface area contributed by atoms with Gasteiger partial charge >= 0.3 is 0 Å². The molecular formula is C14H23N3OS. The van der Waals surface area contributed by atoms with Crippen LogP contribution in [0.15, 0.2) is 0 Å². The van der Waals surface area contributed by atoms with E-state index in [1.54, 1.807) is 0 Å². The molecule has 2 unspecified atom stereocenters. The molecule has 1 aliphatic heterocycles. The van der Waals surface area contributed by atoms with Crippen LogP contribution in [0.2, 0.25) is 0 Å². The SMILES string of the molecule is CCCc1nc(C)c(C(=O)NC2CNCCC2C)s1. The summed E-state index contributed by atoms with van der Waals surface area (Å²) in [7, 11) is 0. The van der Waals surface area contributed by atoms with Gasteiger partial charge in [-0.1, -0.05) is 13.8 Å². The van der Waals surface area contributed by atoms with E-state index in [0.717, 1.165) is 47.9 Å². The number of nitrogens with zero attached hydrogens (tertiary/aromatic N) is 1. The van der Waals surface area contributed by atoms with Gasteiger partial charge in [0, 0.05) is 12.6 Å². The number of hydrogen-bond donors (Lipinski definition) is 2. The van der Waals surface area contributed by atoms with E-state index >= 15 is 0 Å². The molecule has 4 nitrogen and oxygen atoms in total. The first kappa shape index (κ1) is 14.5. The Balaban J connectivity index is 2.02. The molecule has 19 heavy (non-hydrogen) atoms. The Labute approximate surface area is 119 Å². The van der Waals surface area contributed by atoms with Gasteiger partial charge in [0.25, 0.3) is 5.91 Å². The van der Waals surface area contributed by atoms with E-state index in [1.807, 2.05) is 6.92 Å². The molecule has 1 aromatic heterocycles. The van der Waals surface area contributed by atoms with Gasteiger partial charge in [-0.3, -0.25) is 4.79 Å². The maximum absolute atomic E-state index is 12.3. The number of piperidine rings is 1. The molecule has 0 bridgehead atoms. The van der Waals surface area contributed by atoms with Crippen molar-refractivity contribution in [2.75, 3.05) is 13.1 Å². The van der Waals surface area contributed by atoms with Crippen molar-refractivity contribution in [1.29, 1.82) is 0 Å². The fourth-order valence-electron chi connectivity index (χ4n) is 2.40. The predicted molar refractivity (Wildman–Crippen MR) is 78.8 cm³/mol. The van der Waals surface area contributed by atoms with Crippen molar-refractivity contribution in [3.63, 3.8) is 0 Å². The Hall–Kier alpha value is -0.940. The quantitative estimate of drug-likeness (QED) is 0.889. The van der Waals surface area contributed by atoms with Gasteiger partial charge < -0.3 is 10.6 Å². The monoisotopic (exact) mass is 281 g/mol. The fourth-order valence-corrected chi connectivity index (χ4v) is 3.47. The third kappa shape index (κ3) is 3.54. The van der Waals surface area contributed by atoms with Crippen LogP contribution in [0.25, 0.3) is 0 Å². The average molecular weight is 281 g/mol. The normalized spacial score (nSPS) is 23.3. The summed E-state index contributed by atoms with van der Waals surface area (Å²) in [6.07, 6.45) is 3.14. The van der Waals surface area contributed by atoms with Crippen LogP contribution < -0.4 is 10.6 Å². The molecule has 5 heteroatoms. The number of rotatable bonds is 4. The van der Waals surface area contributed by atoms with Crippen molar-refractivity contribution >= 4 is 17.2 Å². The molecule has 0 aromatic carbocycles. The van der Waals surface area contributed by atoms with Crippen molar-refractivity contribution < 1.29 is 4.79 Å². The van der Waals surface area contributed by atoms with Crippen LogP contribution in [-0.2, 0) is 6.42 Å². The van der Waals surface area contributed by atoms with Gasteiger partial charge in [-0.15, -0.1) is 11.3 Å². The van der Waals surface area contributed by atoms with Crippen LogP contribution in [0, 0.1) is 12.8 Å². The van der Waals surface area contributed by atoms with Crippen molar-refractivity contribution in [2.24, 2.45) is 5.92 Å². The minimum atomic E-state index is 0.0397. The minimum Gasteiger partial charge on any atom is -0.347 e. The van der Waals surface area contributed by atoms with Gasteiger partial charge in [-0.25, -0.2) is 4.98 Å². The van der Waals surface area contributed by atoms with Crippen molar-refractivity contribution in [1.82, 2.24) is 15.6 Å². The Kier molecular flexibility index (Phi) is 4.93. The largest absolute Gasteiger partial charge is 0.347 e. The molecule has 2 heterocycles. The lowest BCUT2D eigenvalue weighted by Gasteiger charge is -2.30. The molecule has 2 rings (SSSR count). The van der Waals surface area contributed by atoms with E-state index < -0.39 is 0 Å². The first-order valence-corrected chi connectivity index (χ1v) is 7.91. The predicted octanol–water partition coefficient (Wildman–Crippen LogP) is 2.13. The number of carbonyl (C=O) groups excluding carboxylic acids is 1. The molecular weight excluding hydrogens is 258 g/mol. The topological polar surface area (TPSA) is 54.0 Å². The maximum atomic E-state index is 12.3. The summed E-state index contributed by atoms with van der Waals surface area (Å²) in [6.45, 7) is 8.17. The summed E-state index contributed by atoms with van der Waals surface area (Å²) in [6, 6.07) is 0.234. The first-order valence-electron chi connectivity index (χ1n) is 7.09. The molecule has 1 aromatic rings. The van der Waals surface area contributed by atoms with E-state index in [-0.39, 0.29) is 11.9 Å². The van der Waals surface area contributed by atoms with Gasteiger partial charge in [0.2, 0.25) is 0 Å². The van der Waals surface area contributed by atoms with Crippen molar-refractivity contribution in [2.45, 2.75) is 46.1 Å². The van der Waals surface area contributed by atoms with Crippen LogP contribution in [-0.4, -0.2) is 30.0 Å². The molecule has 0 saturated carbocycles. The van der Waals surface area contributed by atoms with Crippen LogP contribution in [0.3, 0.4) is 0 Å². The fraction of sp³-hybridized carbons (Fsp3) is 0.714. The zero-order valence-electron chi connectivity index (χ0n) is 12.0. The highest BCUT2D eigenvalue weighted by Gasteiger charge is 2.24. The molecule has 106 valence electrons. The number of aromatic nitrogens is 1. The molecule has 0 aliphatic carbocycles. The van der Waals surface area contributed by atoms with Crippen molar-refractivity contribution in [3.8, 4) is 0 Å². The van der Waals surface area contributed by atoms with E-state index in [1.165, 1.54) is 11.3 Å². The summed E-state index contributed by atoms with van der Waals surface area (Å²) in [5, 5.41) is 7.55. The van der Waals surface area contributed by atoms with Gasteiger partial charge in [0.05, 0.1) is 10.7 Å². The number of carbonyl (C=O) groups is 1. The standard InChI is InChI=1S/C14H23N3OS/c1-4-5-12-16-10(3)13(19-12)14(18)17-11-8-15-7-6-9(11)2/h9,11,15H,4-8H2,1-3H3,(H,17,18). The summed E-state index contributed by atoms with van der Waals surface area (Å²) in [5.41, 5.74) is 0.863. The van der Waals surface area contributed by atoms with Gasteiger partial charge in [-0.05, 0) is 38.6 Å². The van der Waals surface area contributed by atoms with E-state index in [0.29, 0.717) is 5.92 Å². The zero-order chi connectivity index (χ0) is 13.8. The average Bonchev–Trinajstić information content (AvgIpc) is 2.74. The second kappa shape index (κ2) is 6.48. The van der Waals surface area contributed by atoms with E-state index in [2.05, 4.69) is 29.5 Å². The molecule has 0 radical (unpaired) electrons. The lowest BCUT2D eigenvalue weighted by Crippen LogP contribution is -2.50. The second-order valence-corrected chi connectivity index (χ2v) is 6.41. The smallest absolute Gasteiger partial charge is 0.263 e. The van der Waals surface area contributed by atoms with Gasteiger partial charge in [0.1, 0.15) is 4.88 Å². The van der Waals surface area contributed by atoms with E-state index in [9.17, 15) is 4.79 Å². The highest BCUT2D eigenvalue weighted by Crippen LogP contribution is 2.20. The Morgan fingerprint density at radius 2 is 2.37 bits per heavy atom. The molecule has 1 aliphatic rings. The van der Waals surface area contributed by atoms with Crippen molar-refractivity contribution in [3.05, 3.63) is 15.6 Å². The number of thiazole rings is 1. The third-order valence-corrected chi connectivity index (χ3v) is 4.87. The highest BCUT2D eigenvalue weighted by atomic mass is 32.1. The Bertz CT molecular complexity index is 444. The first-order chi connectivity index (χ1) is 9.11. The Morgan fingerprint density at radius 3 is 3.05 bits per heavy atom. The minimum absolute atomic E-state index is 0.0397. The molecule has 1 saturated heterocycles.